The second-order valence-electron chi connectivity index (χ2n) is 4.79. The van der Waals surface area contributed by atoms with Gasteiger partial charge in [0, 0.05) is 11.1 Å². The second-order valence-corrected chi connectivity index (χ2v) is 5.23. The van der Waals surface area contributed by atoms with Crippen molar-refractivity contribution in [2.45, 2.75) is 6.92 Å². The van der Waals surface area contributed by atoms with Crippen molar-refractivity contribution in [1.82, 2.24) is 15.6 Å². The van der Waals surface area contributed by atoms with Gasteiger partial charge in [-0.2, -0.15) is 10.2 Å². The summed E-state index contributed by atoms with van der Waals surface area (Å²) in [5, 5.41) is 11.4. The number of hydrogen-bond donors (Lipinski definition) is 2. The maximum Gasteiger partial charge on any atom is 0.291 e. The summed E-state index contributed by atoms with van der Waals surface area (Å²) in [5.41, 5.74) is 4.86. The second kappa shape index (κ2) is 6.50. The first-order valence-corrected chi connectivity index (χ1v) is 7.21. The van der Waals surface area contributed by atoms with Crippen LogP contribution in [0.5, 0.6) is 0 Å². The van der Waals surface area contributed by atoms with Crippen LogP contribution in [0.1, 0.15) is 23.0 Å². The predicted octanol–water partition coefficient (Wildman–Crippen LogP) is 3.48. The van der Waals surface area contributed by atoms with Gasteiger partial charge in [-0.1, -0.05) is 23.7 Å². The van der Waals surface area contributed by atoms with Crippen LogP contribution in [0.25, 0.3) is 11.5 Å². The number of nitrogens with zero attached hydrogens (tertiary/aromatic N) is 2. The van der Waals surface area contributed by atoms with E-state index in [-0.39, 0.29) is 5.69 Å². The molecule has 2 N–H and O–H groups in total. The SMILES string of the molecule is C/C(=N\NC(=O)c1cc(-c2ccco2)[nH]n1)c1ccc(Cl)cc1. The maximum absolute atomic E-state index is 12.1. The molecular weight excluding hydrogens is 316 g/mol. The summed E-state index contributed by atoms with van der Waals surface area (Å²) in [5.74, 6) is 0.199. The topological polar surface area (TPSA) is 83.3 Å². The number of halogens is 1. The Labute approximate surface area is 137 Å². The standard InChI is InChI=1S/C16H13ClN4O2/c1-10(11-4-6-12(17)7-5-11)18-21-16(22)14-9-13(19-20-14)15-3-2-8-23-15/h2-9H,1H3,(H,19,20)(H,21,22)/b18-10+. The predicted molar refractivity (Wildman–Crippen MR) is 87.4 cm³/mol. The lowest BCUT2D eigenvalue weighted by molar-refractivity contribution is 0.0950. The number of carbonyl (C=O) groups is 1. The highest BCUT2D eigenvalue weighted by Gasteiger charge is 2.12. The lowest BCUT2D eigenvalue weighted by Gasteiger charge is -2.01. The Morgan fingerprint density at radius 1 is 1.30 bits per heavy atom. The van der Waals surface area contributed by atoms with Crippen molar-refractivity contribution in [2.75, 3.05) is 0 Å². The summed E-state index contributed by atoms with van der Waals surface area (Å²) in [6.45, 7) is 1.79. The van der Waals surface area contributed by atoms with E-state index in [0.717, 1.165) is 5.56 Å². The van der Waals surface area contributed by atoms with Crippen molar-refractivity contribution in [1.29, 1.82) is 0 Å². The van der Waals surface area contributed by atoms with Gasteiger partial charge in [-0.3, -0.25) is 9.89 Å². The van der Waals surface area contributed by atoms with Gasteiger partial charge in [-0.25, -0.2) is 5.43 Å². The van der Waals surface area contributed by atoms with E-state index in [1.807, 2.05) is 12.1 Å². The van der Waals surface area contributed by atoms with E-state index >= 15 is 0 Å². The van der Waals surface area contributed by atoms with Crippen LogP contribution in [0.4, 0.5) is 0 Å². The molecular formula is C16H13ClN4O2. The minimum absolute atomic E-state index is 0.226. The third-order valence-corrected chi connectivity index (χ3v) is 3.44. The average Bonchev–Trinajstić information content (AvgIpc) is 3.23. The molecule has 0 aliphatic rings. The first-order valence-electron chi connectivity index (χ1n) is 6.83. The number of furan rings is 1. The minimum atomic E-state index is -0.410. The van der Waals surface area contributed by atoms with Gasteiger partial charge >= 0.3 is 0 Å². The Hall–Kier alpha value is -2.86. The Balaban J connectivity index is 1.69. The monoisotopic (exact) mass is 328 g/mol. The molecule has 0 spiro atoms. The van der Waals surface area contributed by atoms with Gasteiger partial charge in [-0.05, 0) is 36.8 Å². The summed E-state index contributed by atoms with van der Waals surface area (Å²) >= 11 is 5.84. The van der Waals surface area contributed by atoms with Crippen LogP contribution in [0.15, 0.2) is 58.2 Å². The number of nitrogens with one attached hydrogen (secondary N) is 2. The molecule has 0 unspecified atom stereocenters. The van der Waals surface area contributed by atoms with Crippen molar-refractivity contribution in [3.05, 3.63) is 65.0 Å². The number of hydrazone groups is 1. The molecule has 7 heteroatoms. The van der Waals surface area contributed by atoms with Crippen LogP contribution in [0.3, 0.4) is 0 Å². The number of amides is 1. The Morgan fingerprint density at radius 2 is 2.09 bits per heavy atom. The van der Waals surface area contributed by atoms with Gasteiger partial charge in [0.05, 0.1) is 12.0 Å². The smallest absolute Gasteiger partial charge is 0.291 e. The van der Waals surface area contributed by atoms with Crippen molar-refractivity contribution in [2.24, 2.45) is 5.10 Å². The fraction of sp³-hybridized carbons (Fsp3) is 0.0625. The Morgan fingerprint density at radius 3 is 2.78 bits per heavy atom. The fourth-order valence-electron chi connectivity index (χ4n) is 1.94. The number of hydrogen-bond acceptors (Lipinski definition) is 4. The molecule has 3 aromatic rings. The highest BCUT2D eigenvalue weighted by molar-refractivity contribution is 6.30. The van der Waals surface area contributed by atoms with E-state index in [9.17, 15) is 4.79 Å². The molecule has 0 radical (unpaired) electrons. The number of aromatic amines is 1. The van der Waals surface area contributed by atoms with Crippen LogP contribution in [-0.4, -0.2) is 21.8 Å². The highest BCUT2D eigenvalue weighted by atomic mass is 35.5. The summed E-state index contributed by atoms with van der Waals surface area (Å²) in [4.78, 5) is 12.1. The van der Waals surface area contributed by atoms with E-state index in [1.54, 1.807) is 43.5 Å². The molecule has 0 fully saturated rings. The molecule has 0 bridgehead atoms. The largest absolute Gasteiger partial charge is 0.463 e. The molecule has 2 aromatic heterocycles. The lowest BCUT2D eigenvalue weighted by Crippen LogP contribution is -2.19. The van der Waals surface area contributed by atoms with Crippen LogP contribution >= 0.6 is 11.6 Å². The first kappa shape index (κ1) is 15.1. The van der Waals surface area contributed by atoms with Gasteiger partial charge < -0.3 is 4.42 Å². The highest BCUT2D eigenvalue weighted by Crippen LogP contribution is 2.17. The quantitative estimate of drug-likeness (QED) is 0.568. The van der Waals surface area contributed by atoms with Crippen molar-refractivity contribution >= 4 is 23.2 Å². The molecule has 3 rings (SSSR count). The molecule has 1 aromatic carbocycles. The van der Waals surface area contributed by atoms with E-state index in [1.165, 1.54) is 0 Å². The van der Waals surface area contributed by atoms with E-state index < -0.39 is 5.91 Å². The normalized spacial score (nSPS) is 11.5. The fourth-order valence-corrected chi connectivity index (χ4v) is 2.07. The van der Waals surface area contributed by atoms with E-state index in [4.69, 9.17) is 16.0 Å². The molecule has 2 heterocycles. The maximum atomic E-state index is 12.1. The number of aromatic nitrogens is 2. The molecule has 23 heavy (non-hydrogen) atoms. The van der Waals surface area contributed by atoms with Gasteiger partial charge in [0.1, 0.15) is 5.69 Å². The zero-order valence-corrected chi connectivity index (χ0v) is 13.0. The van der Waals surface area contributed by atoms with Gasteiger partial charge in [-0.15, -0.1) is 0 Å². The summed E-state index contributed by atoms with van der Waals surface area (Å²) < 4.78 is 5.24. The molecule has 116 valence electrons. The molecule has 1 amide bonds. The van der Waals surface area contributed by atoms with Crippen LogP contribution in [0.2, 0.25) is 5.02 Å². The van der Waals surface area contributed by atoms with E-state index in [0.29, 0.717) is 22.2 Å². The summed E-state index contributed by atoms with van der Waals surface area (Å²) in [6, 6.07) is 12.3. The molecule has 6 nitrogen and oxygen atoms in total. The van der Waals surface area contributed by atoms with Gasteiger partial charge in [0.15, 0.2) is 11.5 Å². The van der Waals surface area contributed by atoms with E-state index in [2.05, 4.69) is 20.7 Å². The third kappa shape index (κ3) is 3.49. The molecule has 0 atom stereocenters. The third-order valence-electron chi connectivity index (χ3n) is 3.18. The minimum Gasteiger partial charge on any atom is -0.463 e. The van der Waals surface area contributed by atoms with Crippen molar-refractivity contribution in [3.63, 3.8) is 0 Å². The van der Waals surface area contributed by atoms with Crippen LogP contribution in [0, 0.1) is 0 Å². The number of H-pyrrole nitrogens is 1. The van der Waals surface area contributed by atoms with Crippen molar-refractivity contribution in [3.8, 4) is 11.5 Å². The molecule has 0 saturated carbocycles. The number of rotatable bonds is 4. The van der Waals surface area contributed by atoms with Crippen molar-refractivity contribution < 1.29 is 9.21 Å². The molecule has 0 saturated heterocycles. The zero-order valence-electron chi connectivity index (χ0n) is 12.2. The lowest BCUT2D eigenvalue weighted by atomic mass is 10.1. The van der Waals surface area contributed by atoms with Crippen LogP contribution in [-0.2, 0) is 0 Å². The molecule has 0 aliphatic carbocycles. The first-order chi connectivity index (χ1) is 11.1. The Bertz CT molecular complexity index is 835. The number of carbonyl (C=O) groups excluding carboxylic acids is 1. The summed E-state index contributed by atoms with van der Waals surface area (Å²) in [6.07, 6.45) is 1.55. The Kier molecular flexibility index (Phi) is 4.25. The van der Waals surface area contributed by atoms with Gasteiger partial charge in [0.25, 0.3) is 5.91 Å². The summed E-state index contributed by atoms with van der Waals surface area (Å²) in [7, 11) is 0. The zero-order chi connectivity index (χ0) is 16.2. The molecule has 0 aliphatic heterocycles. The average molecular weight is 329 g/mol. The van der Waals surface area contributed by atoms with Crippen LogP contribution < -0.4 is 5.43 Å². The number of benzene rings is 1. The van der Waals surface area contributed by atoms with Gasteiger partial charge in [0.2, 0.25) is 0 Å².